The summed E-state index contributed by atoms with van der Waals surface area (Å²) in [5.74, 6) is 1.24. The zero-order valence-electron chi connectivity index (χ0n) is 17.5. The molecule has 1 aliphatic rings. The predicted molar refractivity (Wildman–Crippen MR) is 125 cm³/mol. The van der Waals surface area contributed by atoms with Gasteiger partial charge in [0.05, 0.1) is 6.61 Å². The molecule has 0 spiro atoms. The molecule has 1 fully saturated rings. The lowest BCUT2D eigenvalue weighted by Gasteiger charge is -2.23. The molecule has 0 aromatic heterocycles. The fourth-order valence-corrected chi connectivity index (χ4v) is 4.56. The molecule has 4 nitrogen and oxygen atoms in total. The number of halogens is 3. The number of hydrogen-bond donors (Lipinski definition) is 1. The molecule has 2 aromatic rings. The fourth-order valence-electron chi connectivity index (χ4n) is 3.83. The van der Waals surface area contributed by atoms with Crippen LogP contribution in [0.2, 0.25) is 15.1 Å². The molecule has 1 aliphatic heterocycles. The first-order valence-corrected chi connectivity index (χ1v) is 11.6. The van der Waals surface area contributed by atoms with Crippen molar-refractivity contribution in [3.63, 3.8) is 0 Å². The lowest BCUT2D eigenvalue weighted by atomic mass is 10.1. The van der Waals surface area contributed by atoms with Gasteiger partial charge in [0.15, 0.2) is 11.5 Å². The van der Waals surface area contributed by atoms with Gasteiger partial charge in [0.1, 0.15) is 6.61 Å². The second-order valence-corrected chi connectivity index (χ2v) is 8.59. The summed E-state index contributed by atoms with van der Waals surface area (Å²) in [6, 6.07) is 9.76. The van der Waals surface area contributed by atoms with Crippen LogP contribution in [-0.4, -0.2) is 37.2 Å². The Morgan fingerprint density at radius 2 is 1.77 bits per heavy atom. The highest BCUT2D eigenvalue weighted by Crippen LogP contribution is 2.35. The molecule has 1 atom stereocenters. The van der Waals surface area contributed by atoms with E-state index in [0.29, 0.717) is 45.8 Å². The third kappa shape index (κ3) is 5.95. The SMILES string of the molecule is CCOc1cc(CNCC2CCCN2CC)c(Cl)cc1OCc1c(Cl)cccc1Cl. The minimum Gasteiger partial charge on any atom is -0.490 e. The number of hydrogen-bond acceptors (Lipinski definition) is 4. The molecule has 0 bridgehead atoms. The highest BCUT2D eigenvalue weighted by molar-refractivity contribution is 6.36. The van der Waals surface area contributed by atoms with Crippen LogP contribution in [0.1, 0.15) is 37.8 Å². The van der Waals surface area contributed by atoms with Crippen molar-refractivity contribution in [1.82, 2.24) is 10.2 Å². The van der Waals surface area contributed by atoms with Gasteiger partial charge in [-0.05, 0) is 56.6 Å². The molecule has 0 amide bonds. The number of rotatable bonds is 10. The highest BCUT2D eigenvalue weighted by atomic mass is 35.5. The Bertz CT molecular complexity index is 827. The topological polar surface area (TPSA) is 33.7 Å². The lowest BCUT2D eigenvalue weighted by molar-refractivity contribution is 0.259. The lowest BCUT2D eigenvalue weighted by Crippen LogP contribution is -2.37. The monoisotopic (exact) mass is 470 g/mol. The third-order valence-electron chi connectivity index (χ3n) is 5.45. The molecule has 0 radical (unpaired) electrons. The van der Waals surface area contributed by atoms with Crippen molar-refractivity contribution in [3.8, 4) is 11.5 Å². The summed E-state index contributed by atoms with van der Waals surface area (Å²) in [5.41, 5.74) is 1.73. The van der Waals surface area contributed by atoms with E-state index in [4.69, 9.17) is 44.3 Å². The summed E-state index contributed by atoms with van der Waals surface area (Å²) in [4.78, 5) is 2.52. The summed E-state index contributed by atoms with van der Waals surface area (Å²) in [6.45, 7) is 8.87. The van der Waals surface area contributed by atoms with Crippen LogP contribution in [-0.2, 0) is 13.2 Å². The van der Waals surface area contributed by atoms with Gasteiger partial charge in [0.25, 0.3) is 0 Å². The van der Waals surface area contributed by atoms with Crippen LogP contribution >= 0.6 is 34.8 Å². The van der Waals surface area contributed by atoms with Crippen LogP contribution in [0.4, 0.5) is 0 Å². The Hall–Kier alpha value is -1.17. The third-order valence-corrected chi connectivity index (χ3v) is 6.51. The average Bonchev–Trinajstić information content (AvgIpc) is 3.18. The first-order valence-electron chi connectivity index (χ1n) is 10.5. The minimum atomic E-state index is 0.237. The standard InChI is InChI=1S/C23H29Cl3N2O2/c1-3-28-10-6-7-17(28)14-27-13-16-11-22(29-4-2)23(12-21(16)26)30-15-18-19(24)8-5-9-20(18)25/h5,8-9,11-12,17,27H,3-4,6-7,10,13-15H2,1-2H3. The molecule has 1 N–H and O–H groups in total. The van der Waals surface area contributed by atoms with E-state index < -0.39 is 0 Å². The molecule has 1 saturated heterocycles. The molecular formula is C23H29Cl3N2O2. The van der Waals surface area contributed by atoms with E-state index in [1.807, 2.05) is 25.1 Å². The number of likely N-dealkylation sites (tertiary alicyclic amines) is 1. The summed E-state index contributed by atoms with van der Waals surface area (Å²) < 4.78 is 11.8. The van der Waals surface area contributed by atoms with E-state index >= 15 is 0 Å². The quantitative estimate of drug-likeness (QED) is 0.447. The fraction of sp³-hybridized carbons (Fsp3) is 0.478. The van der Waals surface area contributed by atoms with E-state index in [9.17, 15) is 0 Å². The molecular weight excluding hydrogens is 443 g/mol. The van der Waals surface area contributed by atoms with E-state index in [-0.39, 0.29) is 6.61 Å². The van der Waals surface area contributed by atoms with Crippen molar-refractivity contribution in [2.45, 2.75) is 45.9 Å². The second-order valence-electron chi connectivity index (χ2n) is 7.37. The molecule has 1 heterocycles. The molecule has 2 aromatic carbocycles. The van der Waals surface area contributed by atoms with Crippen molar-refractivity contribution in [2.24, 2.45) is 0 Å². The molecule has 1 unspecified atom stereocenters. The molecule has 164 valence electrons. The van der Waals surface area contributed by atoms with E-state index in [2.05, 4.69) is 17.1 Å². The van der Waals surface area contributed by atoms with Gasteiger partial charge in [-0.25, -0.2) is 0 Å². The van der Waals surface area contributed by atoms with Crippen LogP contribution in [0.25, 0.3) is 0 Å². The predicted octanol–water partition coefficient (Wildman–Crippen LogP) is 6.20. The van der Waals surface area contributed by atoms with Crippen LogP contribution < -0.4 is 14.8 Å². The zero-order valence-corrected chi connectivity index (χ0v) is 19.8. The number of benzene rings is 2. The van der Waals surface area contributed by atoms with Gasteiger partial charge in [-0.2, -0.15) is 0 Å². The van der Waals surface area contributed by atoms with Gasteiger partial charge in [-0.15, -0.1) is 0 Å². The summed E-state index contributed by atoms with van der Waals surface area (Å²) in [6.07, 6.45) is 2.52. The van der Waals surface area contributed by atoms with E-state index in [1.54, 1.807) is 12.1 Å². The van der Waals surface area contributed by atoms with Gasteiger partial charge in [-0.1, -0.05) is 47.8 Å². The Morgan fingerprint density at radius 1 is 1.03 bits per heavy atom. The summed E-state index contributed by atoms with van der Waals surface area (Å²) >= 11 is 19.1. The van der Waals surface area contributed by atoms with Crippen molar-refractivity contribution in [2.75, 3.05) is 26.2 Å². The number of likely N-dealkylation sites (N-methyl/N-ethyl adjacent to an activating group) is 1. The summed E-state index contributed by atoms with van der Waals surface area (Å²) in [7, 11) is 0. The Labute approximate surface area is 194 Å². The van der Waals surface area contributed by atoms with Crippen LogP contribution in [0.15, 0.2) is 30.3 Å². The Kier molecular flexibility index (Phi) is 8.97. The maximum Gasteiger partial charge on any atom is 0.163 e. The smallest absolute Gasteiger partial charge is 0.163 e. The minimum absolute atomic E-state index is 0.237. The molecule has 7 heteroatoms. The van der Waals surface area contributed by atoms with Gasteiger partial charge in [0, 0.05) is 45.8 Å². The Morgan fingerprint density at radius 3 is 2.47 bits per heavy atom. The highest BCUT2D eigenvalue weighted by Gasteiger charge is 2.22. The summed E-state index contributed by atoms with van der Waals surface area (Å²) in [5, 5.41) is 5.34. The van der Waals surface area contributed by atoms with E-state index in [0.717, 1.165) is 24.2 Å². The number of nitrogens with zero attached hydrogens (tertiary/aromatic N) is 1. The van der Waals surface area contributed by atoms with Crippen LogP contribution in [0.5, 0.6) is 11.5 Å². The second kappa shape index (κ2) is 11.4. The maximum atomic E-state index is 6.56. The molecule has 30 heavy (non-hydrogen) atoms. The zero-order chi connectivity index (χ0) is 21.5. The molecule has 0 saturated carbocycles. The maximum absolute atomic E-state index is 6.56. The van der Waals surface area contributed by atoms with Crippen LogP contribution in [0, 0.1) is 0 Å². The van der Waals surface area contributed by atoms with Gasteiger partial charge >= 0.3 is 0 Å². The number of nitrogens with one attached hydrogen (secondary N) is 1. The van der Waals surface area contributed by atoms with Crippen molar-refractivity contribution in [1.29, 1.82) is 0 Å². The van der Waals surface area contributed by atoms with E-state index in [1.165, 1.54) is 19.4 Å². The normalized spacial score (nSPS) is 16.8. The Balaban J connectivity index is 1.67. The first kappa shape index (κ1) is 23.5. The number of ether oxygens (including phenoxy) is 2. The van der Waals surface area contributed by atoms with Crippen LogP contribution in [0.3, 0.4) is 0 Å². The van der Waals surface area contributed by atoms with Crippen molar-refractivity contribution in [3.05, 3.63) is 56.5 Å². The molecule has 3 rings (SSSR count). The van der Waals surface area contributed by atoms with Gasteiger partial charge in [-0.3, -0.25) is 4.90 Å². The molecule has 0 aliphatic carbocycles. The van der Waals surface area contributed by atoms with Gasteiger partial charge < -0.3 is 14.8 Å². The van der Waals surface area contributed by atoms with Gasteiger partial charge in [0.2, 0.25) is 0 Å². The average molecular weight is 472 g/mol. The largest absolute Gasteiger partial charge is 0.490 e. The van der Waals surface area contributed by atoms with Crippen molar-refractivity contribution < 1.29 is 9.47 Å². The van der Waals surface area contributed by atoms with Crippen molar-refractivity contribution >= 4 is 34.8 Å². The first-order chi connectivity index (χ1) is 14.5.